The first-order chi connectivity index (χ1) is 8.19. The normalized spacial score (nSPS) is 11.7. The molecule has 0 amide bonds. The molecular formula is C9H9N5O2S. The van der Waals surface area contributed by atoms with Gasteiger partial charge in [-0.25, -0.2) is 0 Å². The van der Waals surface area contributed by atoms with E-state index in [0.29, 0.717) is 16.8 Å². The topological polar surface area (TPSA) is 110 Å². The standard InChI is InChI=1S/C9H9N5O2S/c1-5-12-13-9(16-5)17-6-2-3-7(11-4-6)8(10)14-15/h2-4,15H,1H3,(H2,10,14). The number of nitrogens with two attached hydrogens (primary N) is 1. The Labute approximate surface area is 101 Å². The Bertz CT molecular complexity index is 537. The summed E-state index contributed by atoms with van der Waals surface area (Å²) in [5.41, 5.74) is 5.79. The first kappa shape index (κ1) is 11.4. The predicted octanol–water partition coefficient (Wildman–Crippen LogP) is 1.02. The molecule has 0 aliphatic carbocycles. The highest BCUT2D eigenvalue weighted by molar-refractivity contribution is 7.99. The van der Waals surface area contributed by atoms with Crippen molar-refractivity contribution in [2.75, 3.05) is 0 Å². The summed E-state index contributed by atoms with van der Waals surface area (Å²) in [5.74, 6) is 0.476. The SMILES string of the molecule is Cc1nnc(Sc2ccc(/C(N)=N/O)nc2)o1. The molecule has 7 nitrogen and oxygen atoms in total. The van der Waals surface area contributed by atoms with Gasteiger partial charge in [-0.3, -0.25) is 4.98 Å². The number of pyridine rings is 1. The molecule has 0 fully saturated rings. The number of aryl methyl sites for hydroxylation is 1. The van der Waals surface area contributed by atoms with Gasteiger partial charge in [-0.1, -0.05) is 5.16 Å². The van der Waals surface area contributed by atoms with Crippen molar-refractivity contribution < 1.29 is 9.62 Å². The minimum atomic E-state index is -0.0322. The van der Waals surface area contributed by atoms with E-state index in [1.54, 1.807) is 25.3 Å². The monoisotopic (exact) mass is 251 g/mol. The predicted molar refractivity (Wildman–Crippen MR) is 59.9 cm³/mol. The lowest BCUT2D eigenvalue weighted by Gasteiger charge is -1.99. The van der Waals surface area contributed by atoms with Crippen LogP contribution in [-0.2, 0) is 0 Å². The van der Waals surface area contributed by atoms with Crippen LogP contribution in [0.2, 0.25) is 0 Å². The van der Waals surface area contributed by atoms with Crippen LogP contribution >= 0.6 is 11.8 Å². The van der Waals surface area contributed by atoms with E-state index in [1.165, 1.54) is 11.8 Å². The van der Waals surface area contributed by atoms with Crippen LogP contribution in [0.25, 0.3) is 0 Å². The van der Waals surface area contributed by atoms with Crippen LogP contribution in [0.3, 0.4) is 0 Å². The van der Waals surface area contributed by atoms with Crippen LogP contribution in [-0.4, -0.2) is 26.2 Å². The highest BCUT2D eigenvalue weighted by Crippen LogP contribution is 2.25. The second-order valence-electron chi connectivity index (χ2n) is 3.05. The Hall–Kier alpha value is -2.09. The second kappa shape index (κ2) is 4.83. The van der Waals surface area contributed by atoms with Gasteiger partial charge in [-0.05, 0) is 23.9 Å². The minimum absolute atomic E-state index is 0.0322. The van der Waals surface area contributed by atoms with Crippen molar-refractivity contribution in [2.24, 2.45) is 10.9 Å². The highest BCUT2D eigenvalue weighted by Gasteiger charge is 2.06. The van der Waals surface area contributed by atoms with Gasteiger partial charge in [0.15, 0.2) is 5.84 Å². The lowest BCUT2D eigenvalue weighted by atomic mass is 10.3. The highest BCUT2D eigenvalue weighted by atomic mass is 32.2. The summed E-state index contributed by atoms with van der Waals surface area (Å²) in [6.45, 7) is 1.72. The Morgan fingerprint density at radius 1 is 1.47 bits per heavy atom. The van der Waals surface area contributed by atoms with Crippen molar-refractivity contribution in [1.29, 1.82) is 0 Å². The third-order valence-corrected chi connectivity index (χ3v) is 2.64. The molecule has 88 valence electrons. The maximum absolute atomic E-state index is 8.48. The molecule has 0 saturated heterocycles. The van der Waals surface area contributed by atoms with E-state index < -0.39 is 0 Å². The van der Waals surface area contributed by atoms with E-state index in [1.807, 2.05) is 0 Å². The van der Waals surface area contributed by atoms with Crippen molar-refractivity contribution in [3.8, 4) is 0 Å². The number of aromatic nitrogens is 3. The molecule has 17 heavy (non-hydrogen) atoms. The molecule has 0 aromatic carbocycles. The first-order valence-electron chi connectivity index (χ1n) is 4.61. The average molecular weight is 251 g/mol. The molecule has 0 radical (unpaired) electrons. The van der Waals surface area contributed by atoms with Crippen molar-refractivity contribution in [3.05, 3.63) is 29.9 Å². The van der Waals surface area contributed by atoms with E-state index in [2.05, 4.69) is 20.3 Å². The maximum Gasteiger partial charge on any atom is 0.281 e. The van der Waals surface area contributed by atoms with E-state index >= 15 is 0 Å². The van der Waals surface area contributed by atoms with Crippen LogP contribution in [0.4, 0.5) is 0 Å². The van der Waals surface area contributed by atoms with Crippen LogP contribution in [0.5, 0.6) is 0 Å². The molecular weight excluding hydrogens is 242 g/mol. The van der Waals surface area contributed by atoms with E-state index in [-0.39, 0.29) is 5.84 Å². The van der Waals surface area contributed by atoms with Crippen LogP contribution in [0, 0.1) is 6.92 Å². The zero-order valence-electron chi connectivity index (χ0n) is 8.86. The summed E-state index contributed by atoms with van der Waals surface area (Å²) in [7, 11) is 0. The van der Waals surface area contributed by atoms with Crippen molar-refractivity contribution in [3.63, 3.8) is 0 Å². The van der Waals surface area contributed by atoms with Gasteiger partial charge in [-0.2, -0.15) is 0 Å². The zero-order chi connectivity index (χ0) is 12.3. The second-order valence-corrected chi connectivity index (χ2v) is 4.08. The number of amidine groups is 1. The lowest BCUT2D eigenvalue weighted by molar-refractivity contribution is 0.318. The summed E-state index contributed by atoms with van der Waals surface area (Å²) < 4.78 is 5.21. The quantitative estimate of drug-likeness (QED) is 0.362. The zero-order valence-corrected chi connectivity index (χ0v) is 9.68. The number of rotatable bonds is 3. The van der Waals surface area contributed by atoms with Crippen molar-refractivity contribution in [2.45, 2.75) is 17.0 Å². The fourth-order valence-corrected chi connectivity index (χ4v) is 1.75. The minimum Gasteiger partial charge on any atom is -0.416 e. The molecule has 0 atom stereocenters. The number of oxime groups is 1. The van der Waals surface area contributed by atoms with Gasteiger partial charge in [0.05, 0.1) is 0 Å². The molecule has 0 bridgehead atoms. The molecule has 2 aromatic rings. The van der Waals surface area contributed by atoms with Crippen LogP contribution in [0.15, 0.2) is 38.0 Å². The van der Waals surface area contributed by atoms with Crippen molar-refractivity contribution >= 4 is 17.6 Å². The molecule has 0 unspecified atom stereocenters. The van der Waals surface area contributed by atoms with Gasteiger partial charge in [-0.15, -0.1) is 10.2 Å². The van der Waals surface area contributed by atoms with Crippen LogP contribution in [0.1, 0.15) is 11.6 Å². The van der Waals surface area contributed by atoms with Gasteiger partial charge in [0.2, 0.25) is 5.89 Å². The van der Waals surface area contributed by atoms with Gasteiger partial charge in [0, 0.05) is 18.0 Å². The molecule has 0 aliphatic rings. The summed E-state index contributed by atoms with van der Waals surface area (Å²) >= 11 is 1.29. The van der Waals surface area contributed by atoms with Gasteiger partial charge in [0.25, 0.3) is 5.22 Å². The summed E-state index contributed by atoms with van der Waals surface area (Å²) in [6.07, 6.45) is 1.58. The largest absolute Gasteiger partial charge is 0.416 e. The first-order valence-corrected chi connectivity index (χ1v) is 5.42. The fraction of sp³-hybridized carbons (Fsp3) is 0.111. The molecule has 2 rings (SSSR count). The smallest absolute Gasteiger partial charge is 0.281 e. The Kier molecular flexibility index (Phi) is 3.24. The summed E-state index contributed by atoms with van der Waals surface area (Å²) in [5, 5.41) is 19.3. The van der Waals surface area contributed by atoms with Crippen LogP contribution < -0.4 is 5.73 Å². The molecule has 8 heteroatoms. The Morgan fingerprint density at radius 3 is 2.82 bits per heavy atom. The van der Waals surface area contributed by atoms with E-state index in [4.69, 9.17) is 15.4 Å². The van der Waals surface area contributed by atoms with Gasteiger partial charge in [0.1, 0.15) is 5.69 Å². The van der Waals surface area contributed by atoms with Gasteiger partial charge < -0.3 is 15.4 Å². The number of nitrogens with zero attached hydrogens (tertiary/aromatic N) is 4. The van der Waals surface area contributed by atoms with E-state index in [9.17, 15) is 0 Å². The molecule has 0 saturated carbocycles. The van der Waals surface area contributed by atoms with Crippen molar-refractivity contribution in [1.82, 2.24) is 15.2 Å². The maximum atomic E-state index is 8.48. The Balaban J connectivity index is 2.13. The number of hydrogen-bond donors (Lipinski definition) is 2. The lowest BCUT2D eigenvalue weighted by Crippen LogP contribution is -2.14. The summed E-state index contributed by atoms with van der Waals surface area (Å²) in [6, 6.07) is 3.41. The molecule has 2 heterocycles. The third-order valence-electron chi connectivity index (χ3n) is 1.82. The average Bonchev–Trinajstić information content (AvgIpc) is 2.75. The summed E-state index contributed by atoms with van der Waals surface area (Å²) in [4.78, 5) is 4.85. The number of hydrogen-bond acceptors (Lipinski definition) is 7. The molecule has 2 aromatic heterocycles. The third kappa shape index (κ3) is 2.72. The van der Waals surface area contributed by atoms with Gasteiger partial charge >= 0.3 is 0 Å². The molecule has 0 aliphatic heterocycles. The molecule has 3 N–H and O–H groups in total. The molecule has 0 spiro atoms. The van der Waals surface area contributed by atoms with E-state index in [0.717, 1.165) is 4.90 Å². The fourth-order valence-electron chi connectivity index (χ4n) is 1.06. The Morgan fingerprint density at radius 2 is 2.29 bits per heavy atom.